The summed E-state index contributed by atoms with van der Waals surface area (Å²) in [6, 6.07) is 5.97. The number of ether oxygens (including phenoxy) is 2. The smallest absolute Gasteiger partial charge is 0.166 e. The van der Waals surface area contributed by atoms with E-state index in [4.69, 9.17) is 9.47 Å². The fourth-order valence-corrected chi connectivity index (χ4v) is 2.71. The molecule has 0 saturated carbocycles. The van der Waals surface area contributed by atoms with Crippen molar-refractivity contribution in [3.05, 3.63) is 39.8 Å². The third-order valence-electron chi connectivity index (χ3n) is 3.03. The lowest BCUT2D eigenvalue weighted by molar-refractivity contribution is 0.280. The van der Waals surface area contributed by atoms with Crippen molar-refractivity contribution in [3.8, 4) is 11.5 Å². The maximum Gasteiger partial charge on any atom is 0.166 e. The minimum absolute atomic E-state index is 0.472. The second kappa shape index (κ2) is 8.00. The Morgan fingerprint density at radius 2 is 2.19 bits per heavy atom. The Hall–Kier alpha value is -1.59. The zero-order chi connectivity index (χ0) is 15.1. The lowest BCUT2D eigenvalue weighted by Gasteiger charge is -2.14. The van der Waals surface area contributed by atoms with Crippen molar-refractivity contribution in [2.24, 2.45) is 0 Å². The molecule has 0 aliphatic carbocycles. The number of nitrogens with one attached hydrogen (secondary N) is 1. The summed E-state index contributed by atoms with van der Waals surface area (Å²) in [6.45, 7) is 6.38. The fourth-order valence-electron chi connectivity index (χ4n) is 2.03. The van der Waals surface area contributed by atoms with Gasteiger partial charge >= 0.3 is 0 Å². The van der Waals surface area contributed by atoms with Crippen LogP contribution >= 0.6 is 11.3 Å². The van der Waals surface area contributed by atoms with E-state index < -0.39 is 0 Å². The standard InChI is InChI=1S/C16H22N2O2S/c1-4-8-17-9-13-6-5-7-14(19-3)16(13)20-10-15-18-12(2)11-21-15/h5-7,11,17H,4,8-10H2,1-3H3. The van der Waals surface area contributed by atoms with Crippen LogP contribution in [0.1, 0.15) is 29.6 Å². The van der Waals surface area contributed by atoms with Gasteiger partial charge in [-0.15, -0.1) is 11.3 Å². The summed E-state index contributed by atoms with van der Waals surface area (Å²) in [5, 5.41) is 6.41. The van der Waals surface area contributed by atoms with Crippen LogP contribution in [0.5, 0.6) is 11.5 Å². The Bertz CT molecular complexity index is 569. The number of hydrogen-bond acceptors (Lipinski definition) is 5. The molecule has 0 unspecified atom stereocenters. The third kappa shape index (κ3) is 4.44. The molecule has 1 heterocycles. The minimum atomic E-state index is 0.472. The number of nitrogens with zero attached hydrogens (tertiary/aromatic N) is 1. The van der Waals surface area contributed by atoms with Crippen LogP contribution in [-0.2, 0) is 13.2 Å². The zero-order valence-electron chi connectivity index (χ0n) is 12.8. The van der Waals surface area contributed by atoms with E-state index >= 15 is 0 Å². The van der Waals surface area contributed by atoms with Crippen LogP contribution in [-0.4, -0.2) is 18.6 Å². The molecular formula is C16H22N2O2S. The van der Waals surface area contributed by atoms with Gasteiger partial charge in [-0.2, -0.15) is 0 Å². The zero-order valence-corrected chi connectivity index (χ0v) is 13.6. The van der Waals surface area contributed by atoms with Crippen molar-refractivity contribution in [2.45, 2.75) is 33.4 Å². The van der Waals surface area contributed by atoms with Gasteiger partial charge in [0.15, 0.2) is 11.5 Å². The molecule has 0 aliphatic rings. The van der Waals surface area contributed by atoms with Crippen molar-refractivity contribution in [1.82, 2.24) is 10.3 Å². The third-order valence-corrected chi connectivity index (χ3v) is 3.97. The number of benzene rings is 1. The SMILES string of the molecule is CCCNCc1cccc(OC)c1OCc1nc(C)cs1. The molecule has 0 saturated heterocycles. The highest BCUT2D eigenvalue weighted by atomic mass is 32.1. The molecule has 0 bridgehead atoms. The van der Waals surface area contributed by atoms with E-state index in [9.17, 15) is 0 Å². The molecule has 1 aromatic carbocycles. The average Bonchev–Trinajstić information content (AvgIpc) is 2.91. The Kier molecular flexibility index (Phi) is 6.02. The topological polar surface area (TPSA) is 43.4 Å². The Labute approximate surface area is 130 Å². The molecule has 0 radical (unpaired) electrons. The quantitative estimate of drug-likeness (QED) is 0.758. The van der Waals surface area contributed by atoms with E-state index in [0.29, 0.717) is 6.61 Å². The van der Waals surface area contributed by atoms with Crippen molar-refractivity contribution < 1.29 is 9.47 Å². The highest BCUT2D eigenvalue weighted by molar-refractivity contribution is 7.09. The lowest BCUT2D eigenvalue weighted by Crippen LogP contribution is -2.15. The van der Waals surface area contributed by atoms with Crippen LogP contribution in [0.4, 0.5) is 0 Å². The van der Waals surface area contributed by atoms with Gasteiger partial charge in [-0.05, 0) is 26.0 Å². The van der Waals surface area contributed by atoms with Crippen LogP contribution in [0.2, 0.25) is 0 Å². The van der Waals surface area contributed by atoms with E-state index in [1.807, 2.05) is 24.4 Å². The van der Waals surface area contributed by atoms with Crippen LogP contribution in [0, 0.1) is 6.92 Å². The molecule has 0 fully saturated rings. The number of para-hydroxylation sites is 1. The molecule has 2 rings (SSSR count). The second-order valence-electron chi connectivity index (χ2n) is 4.80. The van der Waals surface area contributed by atoms with Gasteiger partial charge in [0.25, 0.3) is 0 Å². The van der Waals surface area contributed by atoms with Crippen molar-refractivity contribution in [2.75, 3.05) is 13.7 Å². The van der Waals surface area contributed by atoms with E-state index in [1.54, 1.807) is 18.4 Å². The van der Waals surface area contributed by atoms with Crippen LogP contribution in [0.25, 0.3) is 0 Å². The number of hydrogen-bond donors (Lipinski definition) is 1. The molecule has 0 spiro atoms. The minimum Gasteiger partial charge on any atom is -0.493 e. The van der Waals surface area contributed by atoms with Crippen LogP contribution in [0.15, 0.2) is 23.6 Å². The molecule has 1 aromatic heterocycles. The summed E-state index contributed by atoms with van der Waals surface area (Å²) in [5.41, 5.74) is 2.14. The molecule has 114 valence electrons. The Morgan fingerprint density at radius 1 is 1.33 bits per heavy atom. The first-order valence-electron chi connectivity index (χ1n) is 7.15. The fraction of sp³-hybridized carbons (Fsp3) is 0.438. The van der Waals surface area contributed by atoms with E-state index in [0.717, 1.165) is 47.3 Å². The first-order chi connectivity index (χ1) is 10.2. The molecule has 0 atom stereocenters. The van der Waals surface area contributed by atoms with E-state index in [-0.39, 0.29) is 0 Å². The summed E-state index contributed by atoms with van der Waals surface area (Å²) in [5.74, 6) is 1.57. The highest BCUT2D eigenvalue weighted by Crippen LogP contribution is 2.32. The first-order valence-corrected chi connectivity index (χ1v) is 8.03. The van der Waals surface area contributed by atoms with Gasteiger partial charge in [-0.25, -0.2) is 4.98 Å². The first kappa shape index (κ1) is 15.8. The Morgan fingerprint density at radius 3 is 2.86 bits per heavy atom. The van der Waals surface area contributed by atoms with Crippen molar-refractivity contribution in [1.29, 1.82) is 0 Å². The molecule has 4 nitrogen and oxygen atoms in total. The number of rotatable bonds is 8. The molecular weight excluding hydrogens is 284 g/mol. The average molecular weight is 306 g/mol. The second-order valence-corrected chi connectivity index (χ2v) is 5.74. The van der Waals surface area contributed by atoms with Gasteiger partial charge in [0.05, 0.1) is 7.11 Å². The number of aromatic nitrogens is 1. The number of methoxy groups -OCH3 is 1. The predicted molar refractivity (Wildman–Crippen MR) is 86.2 cm³/mol. The summed E-state index contributed by atoms with van der Waals surface area (Å²) in [6.07, 6.45) is 1.11. The maximum absolute atomic E-state index is 5.97. The molecule has 0 aliphatic heterocycles. The maximum atomic E-state index is 5.97. The lowest BCUT2D eigenvalue weighted by atomic mass is 10.2. The van der Waals surface area contributed by atoms with Crippen molar-refractivity contribution >= 4 is 11.3 Å². The monoisotopic (exact) mass is 306 g/mol. The predicted octanol–water partition coefficient (Wildman–Crippen LogP) is 3.54. The largest absolute Gasteiger partial charge is 0.493 e. The van der Waals surface area contributed by atoms with E-state index in [2.05, 4.69) is 23.3 Å². The summed E-state index contributed by atoms with van der Waals surface area (Å²) < 4.78 is 11.4. The van der Waals surface area contributed by atoms with E-state index in [1.165, 1.54) is 0 Å². The van der Waals surface area contributed by atoms with Gasteiger partial charge < -0.3 is 14.8 Å². The van der Waals surface area contributed by atoms with Gasteiger partial charge in [-0.3, -0.25) is 0 Å². The molecule has 2 aromatic rings. The normalized spacial score (nSPS) is 10.6. The van der Waals surface area contributed by atoms with Gasteiger partial charge in [0, 0.05) is 23.2 Å². The summed E-state index contributed by atoms with van der Waals surface area (Å²) in [7, 11) is 1.67. The van der Waals surface area contributed by atoms with Gasteiger partial charge in [-0.1, -0.05) is 19.1 Å². The number of thiazole rings is 1. The highest BCUT2D eigenvalue weighted by Gasteiger charge is 2.11. The molecule has 1 N–H and O–H groups in total. The summed E-state index contributed by atoms with van der Waals surface area (Å²) >= 11 is 1.62. The molecule has 0 amide bonds. The van der Waals surface area contributed by atoms with Crippen LogP contribution in [0.3, 0.4) is 0 Å². The molecule has 5 heteroatoms. The van der Waals surface area contributed by atoms with Crippen molar-refractivity contribution in [3.63, 3.8) is 0 Å². The van der Waals surface area contributed by atoms with Gasteiger partial charge in [0.1, 0.15) is 11.6 Å². The Balaban J connectivity index is 2.10. The van der Waals surface area contributed by atoms with Crippen LogP contribution < -0.4 is 14.8 Å². The summed E-state index contributed by atoms with van der Waals surface area (Å²) in [4.78, 5) is 4.42. The van der Waals surface area contributed by atoms with Gasteiger partial charge in [0.2, 0.25) is 0 Å². The number of aryl methyl sites for hydroxylation is 1. The molecule has 21 heavy (non-hydrogen) atoms.